The molecule has 0 atom stereocenters. The first-order chi connectivity index (χ1) is 8.72. The second-order valence-corrected chi connectivity index (χ2v) is 4.99. The molecule has 1 aromatic carbocycles. The average Bonchev–Trinajstić information content (AvgIpc) is 2.38. The second kappa shape index (κ2) is 4.46. The fraction of sp³-hybridized carbons (Fsp3) is 0.0714. The first-order valence-electron chi connectivity index (χ1n) is 5.59. The van der Waals surface area contributed by atoms with Crippen molar-refractivity contribution in [1.82, 2.24) is 15.0 Å². The molecule has 2 aromatic heterocycles. The van der Waals surface area contributed by atoms with E-state index in [-0.39, 0.29) is 0 Å². The number of fused-ring (bicyclic) bond motifs is 1. The molecule has 4 heteroatoms. The smallest absolute Gasteiger partial charge is 0.163 e. The number of aryl methyl sites for hydroxylation is 1. The van der Waals surface area contributed by atoms with Gasteiger partial charge in [-0.05, 0) is 31.2 Å². The van der Waals surface area contributed by atoms with Crippen LogP contribution in [0.3, 0.4) is 0 Å². The molecule has 2 heterocycles. The lowest BCUT2D eigenvalue weighted by Gasteiger charge is -2.03. The lowest BCUT2D eigenvalue weighted by Crippen LogP contribution is -1.93. The van der Waals surface area contributed by atoms with Gasteiger partial charge in [0.05, 0.1) is 0 Å². The quantitative estimate of drug-likeness (QED) is 0.687. The summed E-state index contributed by atoms with van der Waals surface area (Å²) in [5, 5.41) is 0.958. The van der Waals surface area contributed by atoms with Crippen LogP contribution in [0.5, 0.6) is 0 Å². The fourth-order valence-electron chi connectivity index (χ4n) is 1.77. The Labute approximate surface area is 113 Å². The molecule has 0 spiro atoms. The van der Waals surface area contributed by atoms with Gasteiger partial charge in [-0.15, -0.1) is 0 Å². The highest BCUT2D eigenvalue weighted by Crippen LogP contribution is 2.21. The molecule has 0 radical (unpaired) electrons. The molecule has 0 saturated carbocycles. The van der Waals surface area contributed by atoms with Crippen molar-refractivity contribution >= 4 is 27.0 Å². The molecule has 0 fully saturated rings. The Bertz CT molecular complexity index is 725. The lowest BCUT2D eigenvalue weighted by atomic mass is 10.2. The van der Waals surface area contributed by atoms with Crippen LogP contribution in [0.4, 0.5) is 0 Å². The second-order valence-electron chi connectivity index (χ2n) is 4.07. The van der Waals surface area contributed by atoms with Gasteiger partial charge in [0.15, 0.2) is 11.5 Å². The molecule has 0 saturated heterocycles. The Balaban J connectivity index is 2.18. The van der Waals surface area contributed by atoms with E-state index in [2.05, 4.69) is 30.9 Å². The summed E-state index contributed by atoms with van der Waals surface area (Å²) < 4.78 is 1.01. The Morgan fingerprint density at radius 2 is 1.94 bits per heavy atom. The van der Waals surface area contributed by atoms with Crippen molar-refractivity contribution in [3.63, 3.8) is 0 Å². The number of aromatic nitrogens is 3. The summed E-state index contributed by atoms with van der Waals surface area (Å²) in [6, 6.07) is 11.9. The van der Waals surface area contributed by atoms with E-state index in [1.54, 1.807) is 0 Å². The van der Waals surface area contributed by atoms with Gasteiger partial charge in [-0.1, -0.05) is 28.1 Å². The zero-order valence-electron chi connectivity index (χ0n) is 9.76. The van der Waals surface area contributed by atoms with E-state index in [4.69, 9.17) is 0 Å². The SMILES string of the molecule is Cc1ccc2cnc(-c3cccc(Br)c3)nc2n1. The fourth-order valence-corrected chi connectivity index (χ4v) is 2.17. The number of nitrogens with zero attached hydrogens (tertiary/aromatic N) is 3. The van der Waals surface area contributed by atoms with Gasteiger partial charge >= 0.3 is 0 Å². The van der Waals surface area contributed by atoms with Gasteiger partial charge in [0, 0.05) is 27.3 Å². The van der Waals surface area contributed by atoms with E-state index in [0.717, 1.165) is 26.8 Å². The van der Waals surface area contributed by atoms with Crippen molar-refractivity contribution in [1.29, 1.82) is 0 Å². The third kappa shape index (κ3) is 2.11. The van der Waals surface area contributed by atoms with Gasteiger partial charge in [-0.2, -0.15) is 0 Å². The van der Waals surface area contributed by atoms with E-state index in [0.29, 0.717) is 5.82 Å². The van der Waals surface area contributed by atoms with Crippen LogP contribution in [0.1, 0.15) is 5.69 Å². The molecule has 3 rings (SSSR count). The van der Waals surface area contributed by atoms with Crippen LogP contribution in [0.2, 0.25) is 0 Å². The van der Waals surface area contributed by atoms with E-state index in [1.165, 1.54) is 0 Å². The Kier molecular flexibility index (Phi) is 2.80. The number of hydrogen-bond acceptors (Lipinski definition) is 3. The zero-order chi connectivity index (χ0) is 12.5. The van der Waals surface area contributed by atoms with Crippen molar-refractivity contribution in [3.05, 3.63) is 52.8 Å². The molecule has 88 valence electrons. The summed E-state index contributed by atoms with van der Waals surface area (Å²) in [5.74, 6) is 0.696. The minimum absolute atomic E-state index is 0.696. The summed E-state index contributed by atoms with van der Waals surface area (Å²) in [7, 11) is 0. The predicted molar refractivity (Wildman–Crippen MR) is 75.2 cm³/mol. The molecular formula is C14H10BrN3. The minimum atomic E-state index is 0.696. The summed E-state index contributed by atoms with van der Waals surface area (Å²) in [4.78, 5) is 13.3. The number of benzene rings is 1. The monoisotopic (exact) mass is 299 g/mol. The van der Waals surface area contributed by atoms with Gasteiger partial charge in [0.2, 0.25) is 0 Å². The van der Waals surface area contributed by atoms with Gasteiger partial charge < -0.3 is 0 Å². The van der Waals surface area contributed by atoms with Crippen LogP contribution < -0.4 is 0 Å². The average molecular weight is 300 g/mol. The first kappa shape index (κ1) is 11.3. The minimum Gasteiger partial charge on any atom is -0.236 e. The van der Waals surface area contributed by atoms with Crippen LogP contribution in [0, 0.1) is 6.92 Å². The summed E-state index contributed by atoms with van der Waals surface area (Å²) in [6.07, 6.45) is 1.81. The lowest BCUT2D eigenvalue weighted by molar-refractivity contribution is 1.15. The summed E-state index contributed by atoms with van der Waals surface area (Å²) >= 11 is 3.45. The van der Waals surface area contributed by atoms with Crippen LogP contribution in [0.25, 0.3) is 22.4 Å². The standard InChI is InChI=1S/C14H10BrN3/c1-9-5-6-11-8-16-13(18-14(11)17-9)10-3-2-4-12(15)7-10/h2-8H,1H3. The third-order valence-electron chi connectivity index (χ3n) is 2.67. The largest absolute Gasteiger partial charge is 0.236 e. The van der Waals surface area contributed by atoms with E-state index in [1.807, 2.05) is 49.5 Å². The van der Waals surface area contributed by atoms with Crippen molar-refractivity contribution in [2.45, 2.75) is 6.92 Å². The maximum atomic E-state index is 4.50. The molecule has 0 amide bonds. The van der Waals surface area contributed by atoms with E-state index >= 15 is 0 Å². The van der Waals surface area contributed by atoms with Crippen molar-refractivity contribution < 1.29 is 0 Å². The molecule has 0 aliphatic heterocycles. The number of rotatable bonds is 1. The number of hydrogen-bond donors (Lipinski definition) is 0. The molecule has 0 unspecified atom stereocenters. The molecule has 0 aliphatic carbocycles. The van der Waals surface area contributed by atoms with E-state index < -0.39 is 0 Å². The highest BCUT2D eigenvalue weighted by Gasteiger charge is 2.04. The Morgan fingerprint density at radius 3 is 2.78 bits per heavy atom. The molecule has 0 N–H and O–H groups in total. The van der Waals surface area contributed by atoms with Gasteiger partial charge in [0.1, 0.15) is 0 Å². The van der Waals surface area contributed by atoms with Crippen molar-refractivity contribution in [2.75, 3.05) is 0 Å². The topological polar surface area (TPSA) is 38.7 Å². The molecule has 0 bridgehead atoms. The number of halogens is 1. The van der Waals surface area contributed by atoms with Crippen molar-refractivity contribution in [3.8, 4) is 11.4 Å². The van der Waals surface area contributed by atoms with Gasteiger partial charge in [-0.3, -0.25) is 0 Å². The Morgan fingerprint density at radius 1 is 1.06 bits per heavy atom. The molecule has 0 aliphatic rings. The first-order valence-corrected chi connectivity index (χ1v) is 6.38. The number of pyridine rings is 1. The van der Waals surface area contributed by atoms with Gasteiger partial charge in [-0.25, -0.2) is 15.0 Å². The normalized spacial score (nSPS) is 10.8. The van der Waals surface area contributed by atoms with E-state index in [9.17, 15) is 0 Å². The summed E-state index contributed by atoms with van der Waals surface area (Å²) in [5.41, 5.74) is 2.68. The van der Waals surface area contributed by atoms with Crippen molar-refractivity contribution in [2.24, 2.45) is 0 Å². The maximum absolute atomic E-state index is 4.50. The summed E-state index contributed by atoms with van der Waals surface area (Å²) in [6.45, 7) is 1.96. The third-order valence-corrected chi connectivity index (χ3v) is 3.16. The van der Waals surface area contributed by atoms with Crippen LogP contribution in [0.15, 0.2) is 47.1 Å². The highest BCUT2D eigenvalue weighted by molar-refractivity contribution is 9.10. The van der Waals surface area contributed by atoms with Crippen LogP contribution in [-0.2, 0) is 0 Å². The predicted octanol–water partition coefficient (Wildman–Crippen LogP) is 3.76. The Hall–Kier alpha value is -1.81. The molecule has 3 nitrogen and oxygen atoms in total. The van der Waals surface area contributed by atoms with Crippen LogP contribution >= 0.6 is 15.9 Å². The zero-order valence-corrected chi connectivity index (χ0v) is 11.3. The maximum Gasteiger partial charge on any atom is 0.163 e. The highest BCUT2D eigenvalue weighted by atomic mass is 79.9. The molecule has 3 aromatic rings. The van der Waals surface area contributed by atoms with Gasteiger partial charge in [0.25, 0.3) is 0 Å². The molecular weight excluding hydrogens is 290 g/mol. The molecule has 18 heavy (non-hydrogen) atoms. The van der Waals surface area contributed by atoms with Crippen LogP contribution in [-0.4, -0.2) is 15.0 Å².